The normalized spacial score (nSPS) is 14.4. The number of aryl methyl sites for hydroxylation is 1. The predicted molar refractivity (Wildman–Crippen MR) is 102 cm³/mol. The van der Waals surface area contributed by atoms with Crippen LogP contribution in [0.4, 0.5) is 11.4 Å². The van der Waals surface area contributed by atoms with Gasteiger partial charge in [-0.3, -0.25) is 4.79 Å². The molecule has 4 nitrogen and oxygen atoms in total. The van der Waals surface area contributed by atoms with Crippen LogP contribution in [0.25, 0.3) is 0 Å². The molecular formula is C21H26N2O2. The van der Waals surface area contributed by atoms with Crippen molar-refractivity contribution in [3.63, 3.8) is 0 Å². The first-order valence-electron chi connectivity index (χ1n) is 9.02. The van der Waals surface area contributed by atoms with Gasteiger partial charge in [0, 0.05) is 17.8 Å². The molecule has 1 aliphatic rings. The summed E-state index contributed by atoms with van der Waals surface area (Å²) in [7, 11) is 0. The molecule has 2 aromatic rings. The van der Waals surface area contributed by atoms with Gasteiger partial charge >= 0.3 is 0 Å². The first kappa shape index (κ1) is 17.3. The molecule has 25 heavy (non-hydrogen) atoms. The molecule has 1 fully saturated rings. The van der Waals surface area contributed by atoms with Crippen LogP contribution in [0.3, 0.4) is 0 Å². The molecule has 1 aliphatic carbocycles. The summed E-state index contributed by atoms with van der Waals surface area (Å²) in [5.74, 6) is 0.910. The maximum Gasteiger partial charge on any atom is 0.224 e. The Labute approximate surface area is 149 Å². The fourth-order valence-electron chi connectivity index (χ4n) is 3.23. The van der Waals surface area contributed by atoms with E-state index in [2.05, 4.69) is 11.4 Å². The smallest absolute Gasteiger partial charge is 0.224 e. The quantitative estimate of drug-likeness (QED) is 0.764. The van der Waals surface area contributed by atoms with Gasteiger partial charge in [-0.25, -0.2) is 0 Å². The standard InChI is InChI=1S/C21H26N2O2/c1-15-19(22)10-5-11-20(15)23-21(24)13-12-16-6-4-9-18(14-16)25-17-7-2-3-8-17/h4-6,9-11,14,17H,2-3,7-8,12-13,22H2,1H3,(H,23,24). The Morgan fingerprint density at radius 1 is 1.20 bits per heavy atom. The van der Waals surface area contributed by atoms with Gasteiger partial charge in [0.25, 0.3) is 0 Å². The molecule has 3 rings (SSSR count). The van der Waals surface area contributed by atoms with Gasteiger partial charge in [-0.05, 0) is 74.4 Å². The Morgan fingerprint density at radius 3 is 2.76 bits per heavy atom. The Balaban J connectivity index is 1.54. The summed E-state index contributed by atoms with van der Waals surface area (Å²) in [5, 5.41) is 2.94. The minimum atomic E-state index is -0.00388. The van der Waals surface area contributed by atoms with Crippen molar-refractivity contribution in [2.45, 2.75) is 51.6 Å². The second-order valence-electron chi connectivity index (χ2n) is 6.74. The van der Waals surface area contributed by atoms with E-state index in [-0.39, 0.29) is 5.91 Å². The lowest BCUT2D eigenvalue weighted by atomic mass is 10.1. The number of hydrogen-bond acceptors (Lipinski definition) is 3. The van der Waals surface area contributed by atoms with Crippen LogP contribution < -0.4 is 15.8 Å². The van der Waals surface area contributed by atoms with E-state index >= 15 is 0 Å². The van der Waals surface area contributed by atoms with Gasteiger partial charge in [-0.2, -0.15) is 0 Å². The van der Waals surface area contributed by atoms with Crippen molar-refractivity contribution < 1.29 is 9.53 Å². The second-order valence-corrected chi connectivity index (χ2v) is 6.74. The van der Waals surface area contributed by atoms with Crippen LogP contribution in [-0.2, 0) is 11.2 Å². The molecule has 0 unspecified atom stereocenters. The maximum atomic E-state index is 12.2. The van der Waals surface area contributed by atoms with Gasteiger partial charge in [0.05, 0.1) is 6.10 Å². The summed E-state index contributed by atoms with van der Waals surface area (Å²) in [4.78, 5) is 12.2. The summed E-state index contributed by atoms with van der Waals surface area (Å²) < 4.78 is 6.03. The minimum absolute atomic E-state index is 0.00388. The van der Waals surface area contributed by atoms with Gasteiger partial charge in [0.15, 0.2) is 0 Å². The van der Waals surface area contributed by atoms with Gasteiger partial charge in [-0.1, -0.05) is 18.2 Å². The number of nitrogens with two attached hydrogens (primary N) is 1. The van der Waals surface area contributed by atoms with Crippen LogP contribution in [0.2, 0.25) is 0 Å². The Kier molecular flexibility index (Phi) is 5.59. The molecule has 1 amide bonds. The number of anilines is 2. The van der Waals surface area contributed by atoms with Crippen molar-refractivity contribution in [2.75, 3.05) is 11.1 Å². The number of hydrogen-bond donors (Lipinski definition) is 2. The van der Waals surface area contributed by atoms with E-state index in [1.807, 2.05) is 43.3 Å². The monoisotopic (exact) mass is 338 g/mol. The molecule has 0 saturated heterocycles. The molecule has 3 N–H and O–H groups in total. The molecule has 0 bridgehead atoms. The Bertz CT molecular complexity index is 736. The summed E-state index contributed by atoms with van der Waals surface area (Å²) >= 11 is 0. The highest BCUT2D eigenvalue weighted by Gasteiger charge is 2.16. The fraction of sp³-hybridized carbons (Fsp3) is 0.381. The van der Waals surface area contributed by atoms with E-state index in [9.17, 15) is 4.79 Å². The number of carbonyl (C=O) groups excluding carboxylic acids is 1. The molecular weight excluding hydrogens is 312 g/mol. The summed E-state index contributed by atoms with van der Waals surface area (Å²) in [6.45, 7) is 1.91. The van der Waals surface area contributed by atoms with E-state index in [4.69, 9.17) is 10.5 Å². The number of carbonyl (C=O) groups is 1. The minimum Gasteiger partial charge on any atom is -0.490 e. The van der Waals surface area contributed by atoms with Crippen LogP contribution in [-0.4, -0.2) is 12.0 Å². The largest absolute Gasteiger partial charge is 0.490 e. The third-order valence-electron chi connectivity index (χ3n) is 4.79. The molecule has 1 saturated carbocycles. The average molecular weight is 338 g/mol. The van der Waals surface area contributed by atoms with Crippen molar-refractivity contribution in [2.24, 2.45) is 0 Å². The zero-order valence-corrected chi connectivity index (χ0v) is 14.8. The molecule has 0 spiro atoms. The SMILES string of the molecule is Cc1c(N)cccc1NC(=O)CCc1cccc(OC2CCCC2)c1. The summed E-state index contributed by atoms with van der Waals surface area (Å²) in [6.07, 6.45) is 6.28. The molecule has 0 atom stereocenters. The highest BCUT2D eigenvalue weighted by Crippen LogP contribution is 2.25. The lowest BCUT2D eigenvalue weighted by Crippen LogP contribution is -2.14. The molecule has 4 heteroatoms. The van der Waals surface area contributed by atoms with E-state index < -0.39 is 0 Å². The molecule has 0 aromatic heterocycles. The fourth-order valence-corrected chi connectivity index (χ4v) is 3.23. The van der Waals surface area contributed by atoms with Gasteiger partial charge in [-0.15, -0.1) is 0 Å². The van der Waals surface area contributed by atoms with Gasteiger partial charge < -0.3 is 15.8 Å². The number of rotatable bonds is 6. The van der Waals surface area contributed by atoms with Crippen LogP contribution in [0.1, 0.15) is 43.2 Å². The Morgan fingerprint density at radius 2 is 1.96 bits per heavy atom. The third-order valence-corrected chi connectivity index (χ3v) is 4.79. The maximum absolute atomic E-state index is 12.2. The van der Waals surface area contributed by atoms with Crippen molar-refractivity contribution in [1.29, 1.82) is 0 Å². The molecule has 0 heterocycles. The summed E-state index contributed by atoms with van der Waals surface area (Å²) in [5.41, 5.74) is 9.38. The first-order valence-corrected chi connectivity index (χ1v) is 9.02. The second kappa shape index (κ2) is 8.06. The van der Waals surface area contributed by atoms with Gasteiger partial charge in [0.2, 0.25) is 5.91 Å². The molecule has 0 aliphatic heterocycles. The first-order chi connectivity index (χ1) is 12.1. The van der Waals surface area contributed by atoms with Crippen molar-refractivity contribution in [3.8, 4) is 5.75 Å². The summed E-state index contributed by atoms with van der Waals surface area (Å²) in [6, 6.07) is 13.7. The highest BCUT2D eigenvalue weighted by molar-refractivity contribution is 5.92. The van der Waals surface area contributed by atoms with E-state index in [1.54, 1.807) is 0 Å². The van der Waals surface area contributed by atoms with Crippen LogP contribution in [0, 0.1) is 6.92 Å². The number of amides is 1. The third kappa shape index (κ3) is 4.75. The van der Waals surface area contributed by atoms with Crippen LogP contribution in [0.15, 0.2) is 42.5 Å². The van der Waals surface area contributed by atoms with E-state index in [0.717, 1.165) is 35.4 Å². The molecule has 2 aromatic carbocycles. The van der Waals surface area contributed by atoms with Crippen molar-refractivity contribution in [1.82, 2.24) is 0 Å². The van der Waals surface area contributed by atoms with E-state index in [1.165, 1.54) is 12.8 Å². The zero-order valence-electron chi connectivity index (χ0n) is 14.8. The number of benzene rings is 2. The van der Waals surface area contributed by atoms with E-state index in [0.29, 0.717) is 24.6 Å². The highest BCUT2D eigenvalue weighted by atomic mass is 16.5. The topological polar surface area (TPSA) is 64.3 Å². The molecule has 0 radical (unpaired) electrons. The van der Waals surface area contributed by atoms with Gasteiger partial charge in [0.1, 0.15) is 5.75 Å². The lowest BCUT2D eigenvalue weighted by molar-refractivity contribution is -0.116. The zero-order chi connectivity index (χ0) is 17.6. The lowest BCUT2D eigenvalue weighted by Gasteiger charge is -2.14. The van der Waals surface area contributed by atoms with Crippen LogP contribution >= 0.6 is 0 Å². The predicted octanol–water partition coefficient (Wildman–Crippen LogP) is 4.47. The van der Waals surface area contributed by atoms with Crippen molar-refractivity contribution in [3.05, 3.63) is 53.6 Å². The Hall–Kier alpha value is -2.49. The van der Waals surface area contributed by atoms with Crippen molar-refractivity contribution >= 4 is 17.3 Å². The average Bonchev–Trinajstić information content (AvgIpc) is 3.10. The number of ether oxygens (including phenoxy) is 1. The number of nitrogen functional groups attached to an aromatic ring is 1. The van der Waals surface area contributed by atoms with Crippen LogP contribution in [0.5, 0.6) is 5.75 Å². The number of nitrogens with one attached hydrogen (secondary N) is 1. The molecule has 132 valence electrons.